The molecule has 0 bridgehead atoms. The highest BCUT2D eigenvalue weighted by atomic mass is 16.6. The molecule has 1 aliphatic carbocycles. The summed E-state index contributed by atoms with van der Waals surface area (Å²) in [4.78, 5) is 26.9. The summed E-state index contributed by atoms with van der Waals surface area (Å²) >= 11 is 0. The van der Waals surface area contributed by atoms with Crippen LogP contribution in [-0.2, 0) is 9.63 Å². The molecule has 0 atom stereocenters. The molecule has 1 aromatic rings. The van der Waals surface area contributed by atoms with Crippen molar-refractivity contribution in [1.82, 2.24) is 0 Å². The standard InChI is InChI=1S/C13H11NO4/c1-8-6-11(14-18-7-12(15)16)9-4-2-3-5-10(9)13(8)17/h2-6H,7H2,1H3,(H,15,16). The van der Waals surface area contributed by atoms with Crippen LogP contribution in [0.1, 0.15) is 22.8 Å². The van der Waals surface area contributed by atoms with Crippen molar-refractivity contribution in [3.63, 3.8) is 0 Å². The largest absolute Gasteiger partial charge is 0.479 e. The van der Waals surface area contributed by atoms with Gasteiger partial charge < -0.3 is 9.94 Å². The number of ketones is 1. The number of rotatable bonds is 3. The predicted molar refractivity (Wildman–Crippen MR) is 64.7 cm³/mol. The first kappa shape index (κ1) is 12.0. The minimum absolute atomic E-state index is 0.0530. The fourth-order valence-corrected chi connectivity index (χ4v) is 1.70. The van der Waals surface area contributed by atoms with Crippen LogP contribution in [0.4, 0.5) is 0 Å². The van der Waals surface area contributed by atoms with Crippen LogP contribution >= 0.6 is 0 Å². The van der Waals surface area contributed by atoms with Crippen LogP contribution in [0.5, 0.6) is 0 Å². The smallest absolute Gasteiger partial charge is 0.344 e. The summed E-state index contributed by atoms with van der Waals surface area (Å²) in [6.07, 6.45) is 1.59. The summed E-state index contributed by atoms with van der Waals surface area (Å²) in [7, 11) is 0. The van der Waals surface area contributed by atoms with Gasteiger partial charge in [0, 0.05) is 11.1 Å². The Kier molecular flexibility index (Phi) is 3.23. The van der Waals surface area contributed by atoms with Crippen molar-refractivity contribution >= 4 is 17.5 Å². The molecule has 0 fully saturated rings. The molecule has 0 aromatic heterocycles. The lowest BCUT2D eigenvalue weighted by Crippen LogP contribution is -2.16. The molecular weight excluding hydrogens is 234 g/mol. The molecule has 0 radical (unpaired) electrons. The Labute approximate surface area is 103 Å². The highest BCUT2D eigenvalue weighted by Gasteiger charge is 2.21. The first-order valence-corrected chi connectivity index (χ1v) is 5.33. The molecule has 5 heteroatoms. The fourth-order valence-electron chi connectivity index (χ4n) is 1.70. The van der Waals surface area contributed by atoms with Crippen molar-refractivity contribution in [3.05, 3.63) is 47.0 Å². The molecule has 18 heavy (non-hydrogen) atoms. The molecule has 92 valence electrons. The summed E-state index contributed by atoms with van der Waals surface area (Å²) in [6, 6.07) is 7.01. The third-order valence-corrected chi connectivity index (χ3v) is 2.51. The van der Waals surface area contributed by atoms with E-state index in [9.17, 15) is 9.59 Å². The molecule has 0 saturated heterocycles. The number of fused-ring (bicyclic) bond motifs is 1. The van der Waals surface area contributed by atoms with E-state index in [-0.39, 0.29) is 5.78 Å². The zero-order chi connectivity index (χ0) is 13.1. The van der Waals surface area contributed by atoms with E-state index in [1.807, 2.05) is 0 Å². The Morgan fingerprint density at radius 3 is 2.67 bits per heavy atom. The van der Waals surface area contributed by atoms with Crippen molar-refractivity contribution in [2.45, 2.75) is 6.92 Å². The second-order valence-electron chi connectivity index (χ2n) is 3.85. The Hall–Kier alpha value is -2.43. The molecule has 0 aliphatic heterocycles. The molecule has 5 nitrogen and oxygen atoms in total. The van der Waals surface area contributed by atoms with Crippen molar-refractivity contribution in [1.29, 1.82) is 0 Å². The van der Waals surface area contributed by atoms with E-state index >= 15 is 0 Å². The first-order chi connectivity index (χ1) is 8.59. The van der Waals surface area contributed by atoms with Crippen LogP contribution in [0.25, 0.3) is 0 Å². The van der Waals surface area contributed by atoms with E-state index < -0.39 is 12.6 Å². The topological polar surface area (TPSA) is 76.0 Å². The normalized spacial score (nSPS) is 16.2. The number of carbonyl (C=O) groups is 2. The quantitative estimate of drug-likeness (QED) is 0.821. The Morgan fingerprint density at radius 2 is 2.00 bits per heavy atom. The number of carbonyl (C=O) groups excluding carboxylic acids is 1. The molecule has 1 aromatic carbocycles. The number of aliphatic carboxylic acids is 1. The van der Waals surface area contributed by atoms with Crippen LogP contribution < -0.4 is 0 Å². The monoisotopic (exact) mass is 245 g/mol. The molecule has 1 N–H and O–H groups in total. The zero-order valence-corrected chi connectivity index (χ0v) is 9.71. The van der Waals surface area contributed by atoms with Crippen molar-refractivity contribution in [2.75, 3.05) is 6.61 Å². The van der Waals surface area contributed by atoms with Crippen LogP contribution in [0, 0.1) is 0 Å². The van der Waals surface area contributed by atoms with E-state index in [0.29, 0.717) is 22.4 Å². The number of carboxylic acids is 1. The van der Waals surface area contributed by atoms with E-state index in [4.69, 9.17) is 9.94 Å². The number of allylic oxidation sites excluding steroid dienone is 2. The SMILES string of the molecule is CC1=CC(=NOCC(=O)O)c2ccccc2C1=O. The van der Waals surface area contributed by atoms with Gasteiger partial charge in [-0.25, -0.2) is 4.79 Å². The molecule has 0 unspecified atom stereocenters. The minimum Gasteiger partial charge on any atom is -0.479 e. The zero-order valence-electron chi connectivity index (χ0n) is 9.71. The Bertz CT molecular complexity index is 572. The van der Waals surface area contributed by atoms with Gasteiger partial charge in [-0.2, -0.15) is 0 Å². The molecular formula is C13H11NO4. The summed E-state index contributed by atoms with van der Waals surface area (Å²) in [6.45, 7) is 1.18. The highest BCUT2D eigenvalue weighted by Crippen LogP contribution is 2.21. The van der Waals surface area contributed by atoms with Gasteiger partial charge in [0.25, 0.3) is 0 Å². The van der Waals surface area contributed by atoms with Gasteiger partial charge in [0.15, 0.2) is 5.78 Å². The number of hydrogen-bond donors (Lipinski definition) is 1. The number of benzene rings is 1. The van der Waals surface area contributed by atoms with Crippen LogP contribution in [0.15, 0.2) is 41.1 Å². The summed E-state index contributed by atoms with van der Waals surface area (Å²) < 4.78 is 0. The van der Waals surface area contributed by atoms with Gasteiger partial charge in [0.05, 0.1) is 0 Å². The Morgan fingerprint density at radius 1 is 1.33 bits per heavy atom. The third-order valence-electron chi connectivity index (χ3n) is 2.51. The maximum atomic E-state index is 11.9. The lowest BCUT2D eigenvalue weighted by atomic mass is 9.90. The molecule has 0 amide bonds. The van der Waals surface area contributed by atoms with E-state index in [0.717, 1.165) is 0 Å². The number of carboxylic acid groups (broad SMARTS) is 1. The summed E-state index contributed by atoms with van der Waals surface area (Å²) in [5.41, 5.74) is 2.21. The number of hydrogen-bond acceptors (Lipinski definition) is 4. The predicted octanol–water partition coefficient (Wildman–Crippen LogP) is 1.63. The molecule has 0 heterocycles. The minimum atomic E-state index is -1.10. The van der Waals surface area contributed by atoms with Gasteiger partial charge in [-0.1, -0.05) is 29.4 Å². The van der Waals surface area contributed by atoms with Gasteiger partial charge >= 0.3 is 5.97 Å². The summed E-state index contributed by atoms with van der Waals surface area (Å²) in [5, 5.41) is 12.2. The maximum absolute atomic E-state index is 11.9. The van der Waals surface area contributed by atoms with Crippen LogP contribution in [-0.4, -0.2) is 29.2 Å². The molecule has 2 rings (SSSR count). The number of nitrogens with zero attached hydrogens (tertiary/aromatic N) is 1. The fraction of sp³-hybridized carbons (Fsp3) is 0.154. The second-order valence-corrected chi connectivity index (χ2v) is 3.85. The Balaban J connectivity index is 2.36. The second kappa shape index (κ2) is 4.83. The van der Waals surface area contributed by atoms with Crippen molar-refractivity contribution in [2.24, 2.45) is 5.16 Å². The van der Waals surface area contributed by atoms with Crippen LogP contribution in [0.2, 0.25) is 0 Å². The first-order valence-electron chi connectivity index (χ1n) is 5.33. The number of Topliss-reactive ketones (excluding diaryl/α,β-unsaturated/α-hetero) is 1. The third kappa shape index (κ3) is 2.29. The van der Waals surface area contributed by atoms with Crippen molar-refractivity contribution in [3.8, 4) is 0 Å². The van der Waals surface area contributed by atoms with E-state index in [2.05, 4.69) is 5.16 Å². The average molecular weight is 245 g/mol. The lowest BCUT2D eigenvalue weighted by Gasteiger charge is -2.14. The van der Waals surface area contributed by atoms with Gasteiger partial charge in [-0.05, 0) is 18.6 Å². The molecule has 0 saturated carbocycles. The van der Waals surface area contributed by atoms with Gasteiger partial charge in [-0.15, -0.1) is 0 Å². The van der Waals surface area contributed by atoms with Gasteiger partial charge in [0.2, 0.25) is 6.61 Å². The molecule has 0 spiro atoms. The molecule has 1 aliphatic rings. The number of oxime groups is 1. The van der Waals surface area contributed by atoms with Crippen molar-refractivity contribution < 1.29 is 19.5 Å². The summed E-state index contributed by atoms with van der Waals surface area (Å²) in [5.74, 6) is -1.15. The average Bonchev–Trinajstić information content (AvgIpc) is 2.35. The lowest BCUT2D eigenvalue weighted by molar-refractivity contribution is -0.142. The van der Waals surface area contributed by atoms with Gasteiger partial charge in [-0.3, -0.25) is 4.79 Å². The van der Waals surface area contributed by atoms with Gasteiger partial charge in [0.1, 0.15) is 5.71 Å². The maximum Gasteiger partial charge on any atom is 0.344 e. The van der Waals surface area contributed by atoms with E-state index in [1.54, 1.807) is 37.3 Å². The van der Waals surface area contributed by atoms with Crippen LogP contribution in [0.3, 0.4) is 0 Å². The highest BCUT2D eigenvalue weighted by molar-refractivity contribution is 6.25. The van der Waals surface area contributed by atoms with E-state index in [1.165, 1.54) is 0 Å².